The summed E-state index contributed by atoms with van der Waals surface area (Å²) in [4.78, 5) is 18.5. The van der Waals surface area contributed by atoms with Crippen LogP contribution in [0, 0.1) is 0 Å². The van der Waals surface area contributed by atoms with Crippen molar-refractivity contribution < 1.29 is 9.53 Å². The van der Waals surface area contributed by atoms with Crippen molar-refractivity contribution in [3.05, 3.63) is 24.0 Å². The maximum absolute atomic E-state index is 11.2. The second-order valence-electron chi connectivity index (χ2n) is 6.76. The zero-order valence-electron chi connectivity index (χ0n) is 14.7. The number of imidazole rings is 1. The number of hydrogen-bond acceptors (Lipinski definition) is 4. The van der Waals surface area contributed by atoms with E-state index in [2.05, 4.69) is 30.2 Å². The van der Waals surface area contributed by atoms with E-state index < -0.39 is 6.09 Å². The first-order chi connectivity index (χ1) is 11.5. The first-order valence-electron chi connectivity index (χ1n) is 8.71. The molecular formula is C18H26N4O2. The van der Waals surface area contributed by atoms with E-state index in [-0.39, 0.29) is 6.04 Å². The summed E-state index contributed by atoms with van der Waals surface area (Å²) in [5, 5.41) is 0. The smallest absolute Gasteiger partial charge is 0.408 e. The molecule has 0 aliphatic carbocycles. The average molecular weight is 330 g/mol. The van der Waals surface area contributed by atoms with E-state index in [9.17, 15) is 4.79 Å². The maximum atomic E-state index is 11.2. The molecule has 24 heavy (non-hydrogen) atoms. The highest BCUT2D eigenvalue weighted by Gasteiger charge is 2.29. The normalized spacial score (nSPS) is 18.6. The summed E-state index contributed by atoms with van der Waals surface area (Å²) in [6.07, 6.45) is 1.48. The molecule has 3 rings (SSSR count). The lowest BCUT2D eigenvalue weighted by Gasteiger charge is -2.18. The first kappa shape index (κ1) is 16.8. The van der Waals surface area contributed by atoms with Crippen molar-refractivity contribution >= 4 is 17.1 Å². The van der Waals surface area contributed by atoms with Crippen molar-refractivity contribution in [1.82, 2.24) is 14.5 Å². The molecule has 1 saturated heterocycles. The Balaban J connectivity index is 2.04. The Labute approximate surface area is 142 Å². The first-order valence-corrected chi connectivity index (χ1v) is 8.71. The van der Waals surface area contributed by atoms with E-state index in [1.807, 2.05) is 12.1 Å². The van der Waals surface area contributed by atoms with Gasteiger partial charge in [0.25, 0.3) is 0 Å². The Bertz CT molecular complexity index is 738. The van der Waals surface area contributed by atoms with E-state index in [0.717, 1.165) is 37.4 Å². The van der Waals surface area contributed by atoms with Crippen molar-refractivity contribution in [2.75, 3.05) is 19.6 Å². The van der Waals surface area contributed by atoms with Crippen molar-refractivity contribution in [3.63, 3.8) is 0 Å². The molecule has 1 aliphatic rings. The predicted octanol–water partition coefficient (Wildman–Crippen LogP) is 3.27. The van der Waals surface area contributed by atoms with Gasteiger partial charge in [-0.15, -0.1) is 0 Å². The van der Waals surface area contributed by atoms with Gasteiger partial charge >= 0.3 is 6.09 Å². The number of fused-ring (bicyclic) bond motifs is 1. The summed E-state index contributed by atoms with van der Waals surface area (Å²) in [6, 6.07) is 5.93. The molecule has 1 aromatic heterocycles. The molecule has 0 radical (unpaired) electrons. The molecule has 2 aromatic rings. The lowest BCUT2D eigenvalue weighted by atomic mass is 10.1. The van der Waals surface area contributed by atoms with Gasteiger partial charge in [-0.05, 0) is 51.9 Å². The van der Waals surface area contributed by atoms with E-state index in [1.165, 1.54) is 6.42 Å². The number of carbonyl (C=O) groups is 1. The zero-order chi connectivity index (χ0) is 17.3. The van der Waals surface area contributed by atoms with Gasteiger partial charge in [0.1, 0.15) is 11.3 Å². The standard InChI is InChI=1S/C18H26N4O2/c1-4-9-21-10-8-13(11-21)17-20-16-14(22(17)12(2)3)6-5-7-15(16)24-18(19)23/h5-7,12-13H,4,8-11H2,1-3H3,(H2,19,23). The molecule has 2 heterocycles. The van der Waals surface area contributed by atoms with Crippen LogP contribution in [0.3, 0.4) is 0 Å². The van der Waals surface area contributed by atoms with E-state index in [4.69, 9.17) is 15.5 Å². The Kier molecular flexibility index (Phi) is 4.76. The van der Waals surface area contributed by atoms with Gasteiger partial charge < -0.3 is 19.9 Å². The highest BCUT2D eigenvalue weighted by molar-refractivity contribution is 5.85. The minimum atomic E-state index is -0.807. The molecule has 6 heteroatoms. The number of para-hydroxylation sites is 1. The number of rotatable bonds is 5. The zero-order valence-corrected chi connectivity index (χ0v) is 14.7. The molecule has 0 bridgehead atoms. The molecule has 1 amide bonds. The number of likely N-dealkylation sites (tertiary alicyclic amines) is 1. The minimum absolute atomic E-state index is 0.286. The van der Waals surface area contributed by atoms with Crippen LogP contribution >= 0.6 is 0 Å². The summed E-state index contributed by atoms with van der Waals surface area (Å²) >= 11 is 0. The molecule has 130 valence electrons. The van der Waals surface area contributed by atoms with Crippen LogP contribution in [-0.4, -0.2) is 40.2 Å². The molecular weight excluding hydrogens is 304 g/mol. The van der Waals surface area contributed by atoms with Crippen LogP contribution in [-0.2, 0) is 0 Å². The average Bonchev–Trinajstić information content (AvgIpc) is 3.11. The predicted molar refractivity (Wildman–Crippen MR) is 94.4 cm³/mol. The molecule has 1 atom stereocenters. The SMILES string of the molecule is CCCN1CCC(c2nc3c(OC(N)=O)cccc3n2C(C)C)C1. The van der Waals surface area contributed by atoms with Crippen molar-refractivity contribution in [1.29, 1.82) is 0 Å². The van der Waals surface area contributed by atoms with E-state index >= 15 is 0 Å². The molecule has 1 unspecified atom stereocenters. The molecule has 6 nitrogen and oxygen atoms in total. The summed E-state index contributed by atoms with van der Waals surface area (Å²) < 4.78 is 7.42. The Morgan fingerprint density at radius 3 is 2.92 bits per heavy atom. The Morgan fingerprint density at radius 2 is 2.25 bits per heavy atom. The molecule has 1 fully saturated rings. The summed E-state index contributed by atoms with van der Waals surface area (Å²) in [5.74, 6) is 1.93. The summed E-state index contributed by atoms with van der Waals surface area (Å²) in [6.45, 7) is 9.81. The van der Waals surface area contributed by atoms with E-state index in [0.29, 0.717) is 17.2 Å². The quantitative estimate of drug-likeness (QED) is 0.913. The highest BCUT2D eigenvalue weighted by atomic mass is 16.5. The highest BCUT2D eigenvalue weighted by Crippen LogP contribution is 2.34. The largest absolute Gasteiger partial charge is 0.410 e. The molecule has 1 aromatic carbocycles. The lowest BCUT2D eigenvalue weighted by molar-refractivity contribution is 0.211. The second kappa shape index (κ2) is 6.81. The lowest BCUT2D eigenvalue weighted by Crippen LogP contribution is -2.22. The van der Waals surface area contributed by atoms with Gasteiger partial charge in [-0.25, -0.2) is 9.78 Å². The van der Waals surface area contributed by atoms with Crippen molar-refractivity contribution in [2.24, 2.45) is 5.73 Å². The summed E-state index contributed by atoms with van der Waals surface area (Å²) in [7, 11) is 0. The number of ether oxygens (including phenoxy) is 1. The van der Waals surface area contributed by atoms with Crippen molar-refractivity contribution in [2.45, 2.75) is 45.6 Å². The third-order valence-electron chi connectivity index (χ3n) is 4.61. The van der Waals surface area contributed by atoms with Crippen LogP contribution in [0.25, 0.3) is 11.0 Å². The van der Waals surface area contributed by atoms with Crippen LogP contribution in [0.2, 0.25) is 0 Å². The number of aromatic nitrogens is 2. The van der Waals surface area contributed by atoms with Crippen LogP contribution in [0.1, 0.15) is 51.4 Å². The fourth-order valence-corrected chi connectivity index (χ4v) is 3.69. The molecule has 1 aliphatic heterocycles. The Morgan fingerprint density at radius 1 is 1.46 bits per heavy atom. The maximum Gasteiger partial charge on any atom is 0.410 e. The monoisotopic (exact) mass is 330 g/mol. The van der Waals surface area contributed by atoms with Gasteiger partial charge in [-0.3, -0.25) is 0 Å². The number of carbonyl (C=O) groups excluding carboxylic acids is 1. The van der Waals surface area contributed by atoms with Gasteiger partial charge in [0.05, 0.1) is 5.52 Å². The number of primary amides is 1. The molecule has 2 N–H and O–H groups in total. The van der Waals surface area contributed by atoms with Crippen LogP contribution in [0.4, 0.5) is 4.79 Å². The van der Waals surface area contributed by atoms with Gasteiger partial charge in [0.15, 0.2) is 5.75 Å². The second-order valence-corrected chi connectivity index (χ2v) is 6.76. The third-order valence-corrected chi connectivity index (χ3v) is 4.61. The van der Waals surface area contributed by atoms with E-state index in [1.54, 1.807) is 6.07 Å². The van der Waals surface area contributed by atoms with Crippen LogP contribution < -0.4 is 10.5 Å². The molecule has 0 saturated carbocycles. The number of benzene rings is 1. The van der Waals surface area contributed by atoms with Gasteiger partial charge in [0, 0.05) is 18.5 Å². The van der Waals surface area contributed by atoms with Gasteiger partial charge in [0.2, 0.25) is 0 Å². The minimum Gasteiger partial charge on any atom is -0.408 e. The van der Waals surface area contributed by atoms with Crippen molar-refractivity contribution in [3.8, 4) is 5.75 Å². The number of nitrogens with two attached hydrogens (primary N) is 1. The fraction of sp³-hybridized carbons (Fsp3) is 0.556. The number of hydrogen-bond donors (Lipinski definition) is 1. The topological polar surface area (TPSA) is 73.4 Å². The Hall–Kier alpha value is -2.08. The van der Waals surface area contributed by atoms with Crippen LogP contribution in [0.15, 0.2) is 18.2 Å². The van der Waals surface area contributed by atoms with Gasteiger partial charge in [-0.2, -0.15) is 0 Å². The third kappa shape index (κ3) is 3.11. The van der Waals surface area contributed by atoms with Gasteiger partial charge in [-0.1, -0.05) is 13.0 Å². The van der Waals surface area contributed by atoms with Crippen LogP contribution in [0.5, 0.6) is 5.75 Å². The molecule has 0 spiro atoms. The number of amides is 1. The number of nitrogens with zero attached hydrogens (tertiary/aromatic N) is 3. The summed E-state index contributed by atoms with van der Waals surface area (Å²) in [5.41, 5.74) is 6.90. The fourth-order valence-electron chi connectivity index (χ4n) is 3.69.